The molecule has 0 fully saturated rings. The number of H-pyrrole nitrogens is 1. The van der Waals surface area contributed by atoms with Crippen LogP contribution < -0.4 is 5.56 Å². The minimum Gasteiger partial charge on any atom is -0.478 e. The zero-order chi connectivity index (χ0) is 13.8. The number of rotatable bonds is 3. The van der Waals surface area contributed by atoms with Crippen molar-refractivity contribution in [3.05, 3.63) is 52.2 Å². The summed E-state index contributed by atoms with van der Waals surface area (Å²) in [5.74, 6) is -0.112. The number of hydrogen-bond acceptors (Lipinski definition) is 4. The fourth-order valence-electron chi connectivity index (χ4n) is 1.85. The molecule has 2 N–H and O–H groups in total. The Morgan fingerprint density at radius 1 is 1.40 bits per heavy atom. The molecule has 5 nitrogen and oxygen atoms in total. The highest BCUT2D eigenvalue weighted by Gasteiger charge is 2.12. The quantitative estimate of drug-likeness (QED) is 0.674. The molecule has 0 amide bonds. The molecule has 20 heavy (non-hydrogen) atoms. The predicted molar refractivity (Wildman–Crippen MR) is 80.7 cm³/mol. The van der Waals surface area contributed by atoms with E-state index in [9.17, 15) is 4.79 Å². The lowest BCUT2D eigenvalue weighted by atomic mass is 10.0. The molecule has 0 bridgehead atoms. The molecule has 0 aliphatic rings. The van der Waals surface area contributed by atoms with Crippen molar-refractivity contribution in [3.8, 4) is 11.1 Å². The molecule has 2 aromatic rings. The maximum atomic E-state index is 11.9. The molecule has 2 rings (SSSR count). The number of halogens is 1. The average molecular weight is 294 g/mol. The topological polar surface area (TPSA) is 78.8 Å². The molecule has 2 aromatic heterocycles. The Bertz CT molecular complexity index is 653. The van der Waals surface area contributed by atoms with Crippen LogP contribution in [0, 0.1) is 12.3 Å². The van der Waals surface area contributed by atoms with Crippen LogP contribution >= 0.6 is 12.4 Å². The first kappa shape index (κ1) is 15.9. The fraction of sp³-hybridized carbons (Fsp3) is 0.214. The molecule has 0 saturated heterocycles. The summed E-state index contributed by atoms with van der Waals surface area (Å²) in [5.41, 5.74) is 2.48. The normalized spacial score (nSPS) is 9.70. The van der Waals surface area contributed by atoms with Crippen LogP contribution in [0.4, 0.5) is 0 Å². The van der Waals surface area contributed by atoms with Crippen molar-refractivity contribution >= 4 is 18.3 Å². The van der Waals surface area contributed by atoms with Crippen molar-refractivity contribution in [3.63, 3.8) is 0 Å². The van der Waals surface area contributed by atoms with Gasteiger partial charge in [0.1, 0.15) is 5.56 Å². The van der Waals surface area contributed by atoms with Crippen LogP contribution in [0.2, 0.25) is 0 Å². The number of nitrogens with one attached hydrogen (secondary N) is 2. The second kappa shape index (κ2) is 6.86. The van der Waals surface area contributed by atoms with Gasteiger partial charge < -0.3 is 9.72 Å². The molecule has 2 heterocycles. The Labute approximate surface area is 123 Å². The summed E-state index contributed by atoms with van der Waals surface area (Å²) in [6.07, 6.45) is 3.38. The number of hydrogen-bond donors (Lipinski definition) is 2. The van der Waals surface area contributed by atoms with Gasteiger partial charge in [-0.15, -0.1) is 12.4 Å². The lowest BCUT2D eigenvalue weighted by Gasteiger charge is -2.09. The molecule has 106 valence electrons. The smallest absolute Gasteiger partial charge is 0.260 e. The van der Waals surface area contributed by atoms with E-state index in [2.05, 4.69) is 9.97 Å². The molecular weight excluding hydrogens is 278 g/mol. The van der Waals surface area contributed by atoms with Gasteiger partial charge in [0, 0.05) is 23.7 Å². The molecular formula is C14H16ClN3O2. The molecule has 0 radical (unpaired) electrons. The average Bonchev–Trinajstić information content (AvgIpc) is 2.40. The first-order valence-electron chi connectivity index (χ1n) is 5.99. The molecule has 0 aliphatic carbocycles. The SMILES string of the molecule is CCOC(=N)c1cc(-c2ccncc2)c(C)[nH]c1=O.Cl. The molecule has 0 atom stereocenters. The van der Waals surface area contributed by atoms with E-state index in [0.29, 0.717) is 6.61 Å². The van der Waals surface area contributed by atoms with Crippen LogP contribution in [0.5, 0.6) is 0 Å². The first-order valence-corrected chi connectivity index (χ1v) is 5.99. The van der Waals surface area contributed by atoms with Gasteiger partial charge in [-0.1, -0.05) is 0 Å². The van der Waals surface area contributed by atoms with Gasteiger partial charge in [0.2, 0.25) is 5.90 Å². The molecule has 0 unspecified atom stereocenters. The van der Waals surface area contributed by atoms with Crippen LogP contribution in [0.3, 0.4) is 0 Å². The van der Waals surface area contributed by atoms with Gasteiger partial charge in [-0.2, -0.15) is 0 Å². The summed E-state index contributed by atoms with van der Waals surface area (Å²) >= 11 is 0. The van der Waals surface area contributed by atoms with Crippen molar-refractivity contribution in [1.82, 2.24) is 9.97 Å². The minimum absolute atomic E-state index is 0. The summed E-state index contributed by atoms with van der Waals surface area (Å²) in [6, 6.07) is 5.39. The second-order valence-corrected chi connectivity index (χ2v) is 4.05. The number of pyridine rings is 2. The third-order valence-corrected chi connectivity index (χ3v) is 2.76. The van der Waals surface area contributed by atoms with E-state index in [1.165, 1.54) is 0 Å². The number of ether oxygens (including phenoxy) is 1. The van der Waals surface area contributed by atoms with Gasteiger partial charge in [-0.3, -0.25) is 15.2 Å². The standard InChI is InChI=1S/C14H15N3O2.ClH/c1-3-19-13(15)12-8-11(9(2)17-14(12)18)10-4-6-16-7-5-10;/h4-8,15H,3H2,1-2H3,(H,17,18);1H. The van der Waals surface area contributed by atoms with Gasteiger partial charge in [0.15, 0.2) is 0 Å². The number of aromatic amines is 1. The maximum Gasteiger partial charge on any atom is 0.260 e. The Kier molecular flexibility index (Phi) is 5.46. The molecule has 0 spiro atoms. The monoisotopic (exact) mass is 293 g/mol. The maximum absolute atomic E-state index is 11.9. The van der Waals surface area contributed by atoms with Gasteiger partial charge in [0.05, 0.1) is 6.61 Å². The number of aryl methyl sites for hydroxylation is 1. The second-order valence-electron chi connectivity index (χ2n) is 4.05. The van der Waals surface area contributed by atoms with E-state index in [4.69, 9.17) is 10.1 Å². The van der Waals surface area contributed by atoms with Crippen LogP contribution in [-0.4, -0.2) is 22.5 Å². The van der Waals surface area contributed by atoms with Gasteiger partial charge in [-0.05, 0) is 37.6 Å². The molecule has 6 heteroatoms. The van der Waals surface area contributed by atoms with Crippen molar-refractivity contribution in [2.75, 3.05) is 6.61 Å². The van der Waals surface area contributed by atoms with E-state index in [1.54, 1.807) is 25.4 Å². The number of nitrogens with zero attached hydrogens (tertiary/aromatic N) is 1. The lowest BCUT2D eigenvalue weighted by Crippen LogP contribution is -2.20. The van der Waals surface area contributed by atoms with E-state index >= 15 is 0 Å². The van der Waals surface area contributed by atoms with Crippen molar-refractivity contribution in [2.24, 2.45) is 0 Å². The van der Waals surface area contributed by atoms with Gasteiger partial charge in [0.25, 0.3) is 5.56 Å². The molecule has 0 aliphatic heterocycles. The van der Waals surface area contributed by atoms with E-state index in [0.717, 1.165) is 16.8 Å². The number of aromatic nitrogens is 2. The zero-order valence-electron chi connectivity index (χ0n) is 11.3. The van der Waals surface area contributed by atoms with Crippen molar-refractivity contribution in [2.45, 2.75) is 13.8 Å². The highest BCUT2D eigenvalue weighted by molar-refractivity contribution is 5.92. The van der Waals surface area contributed by atoms with Crippen LogP contribution in [0.15, 0.2) is 35.4 Å². The Morgan fingerprint density at radius 3 is 2.65 bits per heavy atom. The van der Waals surface area contributed by atoms with Crippen molar-refractivity contribution in [1.29, 1.82) is 5.41 Å². The van der Waals surface area contributed by atoms with E-state index in [1.807, 2.05) is 19.1 Å². The lowest BCUT2D eigenvalue weighted by molar-refractivity contribution is 0.325. The summed E-state index contributed by atoms with van der Waals surface area (Å²) in [5, 5.41) is 7.75. The molecule has 0 saturated carbocycles. The van der Waals surface area contributed by atoms with Crippen LogP contribution in [0.25, 0.3) is 11.1 Å². The minimum atomic E-state index is -0.311. The molecule has 0 aromatic carbocycles. The Morgan fingerprint density at radius 2 is 2.05 bits per heavy atom. The van der Waals surface area contributed by atoms with Crippen molar-refractivity contribution < 1.29 is 4.74 Å². The highest BCUT2D eigenvalue weighted by Crippen LogP contribution is 2.21. The third kappa shape index (κ3) is 3.24. The Hall–Kier alpha value is -2.14. The van der Waals surface area contributed by atoms with Gasteiger partial charge in [-0.25, -0.2) is 0 Å². The Balaban J connectivity index is 0.00000200. The summed E-state index contributed by atoms with van der Waals surface area (Å²) in [7, 11) is 0. The predicted octanol–water partition coefficient (Wildman–Crippen LogP) is 2.53. The largest absolute Gasteiger partial charge is 0.478 e. The van der Waals surface area contributed by atoms with E-state index in [-0.39, 0.29) is 29.4 Å². The fourth-order valence-corrected chi connectivity index (χ4v) is 1.85. The third-order valence-electron chi connectivity index (χ3n) is 2.76. The van der Waals surface area contributed by atoms with E-state index < -0.39 is 0 Å². The summed E-state index contributed by atoms with van der Waals surface area (Å²) < 4.78 is 5.09. The summed E-state index contributed by atoms with van der Waals surface area (Å²) in [6.45, 7) is 3.96. The first-order chi connectivity index (χ1) is 9.13. The highest BCUT2D eigenvalue weighted by atomic mass is 35.5. The zero-order valence-corrected chi connectivity index (χ0v) is 12.1. The van der Waals surface area contributed by atoms with Crippen LogP contribution in [0.1, 0.15) is 18.2 Å². The van der Waals surface area contributed by atoms with Gasteiger partial charge >= 0.3 is 0 Å². The van der Waals surface area contributed by atoms with Crippen LogP contribution in [-0.2, 0) is 4.74 Å². The summed E-state index contributed by atoms with van der Waals surface area (Å²) in [4.78, 5) is 18.6.